The first-order chi connectivity index (χ1) is 12.9. The average Bonchev–Trinajstić information content (AvgIpc) is 2.67. The molecule has 27 heavy (non-hydrogen) atoms. The van der Waals surface area contributed by atoms with Crippen molar-refractivity contribution in [2.75, 3.05) is 24.5 Å². The fourth-order valence-corrected chi connectivity index (χ4v) is 3.92. The van der Waals surface area contributed by atoms with Gasteiger partial charge in [-0.05, 0) is 50.2 Å². The minimum atomic E-state index is -1.03. The molecule has 1 N–H and O–H groups in total. The molecular weight excluding hydrogens is 350 g/mol. The van der Waals surface area contributed by atoms with Crippen LogP contribution in [0.4, 0.5) is 11.4 Å². The maximum atomic E-state index is 12.8. The number of hydrogen-bond donors (Lipinski definition) is 1. The van der Waals surface area contributed by atoms with Gasteiger partial charge in [0.2, 0.25) is 0 Å². The molecule has 2 aliphatic rings. The van der Waals surface area contributed by atoms with Crippen LogP contribution >= 0.6 is 0 Å². The predicted octanol–water partition coefficient (Wildman–Crippen LogP) is 2.91. The minimum Gasteiger partial charge on any atom is -0.480 e. The fraction of sp³-hybridized carbons (Fsp3) is 0.579. The zero-order valence-electron chi connectivity index (χ0n) is 15.5. The van der Waals surface area contributed by atoms with Gasteiger partial charge in [0, 0.05) is 31.3 Å². The van der Waals surface area contributed by atoms with Crippen molar-refractivity contribution >= 4 is 23.3 Å². The van der Waals surface area contributed by atoms with Gasteiger partial charge in [-0.1, -0.05) is 6.92 Å². The Kier molecular flexibility index (Phi) is 5.62. The van der Waals surface area contributed by atoms with E-state index < -0.39 is 22.8 Å². The van der Waals surface area contributed by atoms with Crippen LogP contribution in [-0.2, 0) is 4.79 Å². The Labute approximate surface area is 157 Å². The predicted molar refractivity (Wildman–Crippen MR) is 100 cm³/mol. The molecular formula is C19H25N3O5. The summed E-state index contributed by atoms with van der Waals surface area (Å²) >= 11 is 0. The largest absolute Gasteiger partial charge is 0.480 e. The molecule has 0 radical (unpaired) electrons. The molecule has 8 nitrogen and oxygen atoms in total. The summed E-state index contributed by atoms with van der Waals surface area (Å²) in [4.78, 5) is 38.8. The number of nitrogens with zero attached hydrogens (tertiary/aromatic N) is 3. The van der Waals surface area contributed by atoms with Crippen molar-refractivity contribution in [1.29, 1.82) is 0 Å². The van der Waals surface area contributed by atoms with Gasteiger partial charge in [-0.3, -0.25) is 14.9 Å². The first-order valence-electron chi connectivity index (χ1n) is 9.45. The second kappa shape index (κ2) is 7.94. The highest BCUT2D eigenvalue weighted by atomic mass is 16.6. The van der Waals surface area contributed by atoms with E-state index in [0.29, 0.717) is 24.6 Å². The van der Waals surface area contributed by atoms with E-state index in [0.717, 1.165) is 38.8 Å². The molecule has 1 amide bonds. The third kappa shape index (κ3) is 4.04. The van der Waals surface area contributed by atoms with Gasteiger partial charge in [-0.2, -0.15) is 0 Å². The van der Waals surface area contributed by atoms with E-state index in [1.54, 1.807) is 12.1 Å². The maximum Gasteiger partial charge on any atom is 0.326 e. The summed E-state index contributed by atoms with van der Waals surface area (Å²) in [5.74, 6) is -0.881. The molecule has 0 aliphatic carbocycles. The lowest BCUT2D eigenvalue weighted by Crippen LogP contribution is -2.48. The van der Waals surface area contributed by atoms with Crippen molar-refractivity contribution in [3.8, 4) is 0 Å². The number of likely N-dealkylation sites (tertiary alicyclic amines) is 1. The highest BCUT2D eigenvalue weighted by Crippen LogP contribution is 2.33. The van der Waals surface area contributed by atoms with Crippen molar-refractivity contribution < 1.29 is 19.6 Å². The average molecular weight is 375 g/mol. The van der Waals surface area contributed by atoms with Crippen LogP contribution < -0.4 is 4.90 Å². The summed E-state index contributed by atoms with van der Waals surface area (Å²) < 4.78 is 0. The summed E-state index contributed by atoms with van der Waals surface area (Å²) in [5.41, 5.74) is 0.597. The summed E-state index contributed by atoms with van der Waals surface area (Å²) in [5, 5.41) is 21.0. The number of carboxylic acids is 1. The highest BCUT2D eigenvalue weighted by molar-refractivity contribution is 5.98. The van der Waals surface area contributed by atoms with Crippen LogP contribution in [0.3, 0.4) is 0 Å². The van der Waals surface area contributed by atoms with E-state index >= 15 is 0 Å². The van der Waals surface area contributed by atoms with Crippen molar-refractivity contribution in [2.24, 2.45) is 5.92 Å². The number of nitro benzene ring substituents is 1. The highest BCUT2D eigenvalue weighted by Gasteiger charge is 2.33. The van der Waals surface area contributed by atoms with Crippen molar-refractivity contribution in [1.82, 2.24) is 4.90 Å². The second-order valence-corrected chi connectivity index (χ2v) is 7.48. The van der Waals surface area contributed by atoms with E-state index in [2.05, 4.69) is 6.92 Å². The molecule has 1 atom stereocenters. The normalized spacial score (nSPS) is 21.1. The molecule has 3 rings (SSSR count). The van der Waals surface area contributed by atoms with E-state index in [9.17, 15) is 24.8 Å². The van der Waals surface area contributed by atoms with Gasteiger partial charge < -0.3 is 14.9 Å². The lowest BCUT2D eigenvalue weighted by Gasteiger charge is -2.33. The Bertz CT molecular complexity index is 743. The third-order valence-electron chi connectivity index (χ3n) is 5.59. The van der Waals surface area contributed by atoms with Gasteiger partial charge in [0.1, 0.15) is 11.7 Å². The Morgan fingerprint density at radius 3 is 2.48 bits per heavy atom. The number of piperidine rings is 2. The topological polar surface area (TPSA) is 104 Å². The van der Waals surface area contributed by atoms with Gasteiger partial charge in [0.25, 0.3) is 11.6 Å². The van der Waals surface area contributed by atoms with Gasteiger partial charge in [0.05, 0.1) is 4.92 Å². The SMILES string of the molecule is CC1CCN(c2ccc(C(=O)N3CCCC[C@@H]3C(=O)O)cc2[N+](=O)[O-])CC1. The van der Waals surface area contributed by atoms with Crippen molar-refractivity contribution in [2.45, 2.75) is 45.1 Å². The van der Waals surface area contributed by atoms with Crippen LogP contribution in [0.15, 0.2) is 18.2 Å². The molecule has 1 aromatic rings. The van der Waals surface area contributed by atoms with Gasteiger partial charge in [-0.15, -0.1) is 0 Å². The summed E-state index contributed by atoms with van der Waals surface area (Å²) in [6, 6.07) is 3.63. The minimum absolute atomic E-state index is 0.0979. The molecule has 1 aromatic carbocycles. The number of benzene rings is 1. The molecule has 0 unspecified atom stereocenters. The number of rotatable bonds is 4. The van der Waals surface area contributed by atoms with Gasteiger partial charge >= 0.3 is 5.97 Å². The molecule has 0 saturated carbocycles. The lowest BCUT2D eigenvalue weighted by atomic mass is 9.98. The molecule has 0 aromatic heterocycles. The zero-order chi connectivity index (χ0) is 19.6. The van der Waals surface area contributed by atoms with Crippen LogP contribution in [0.1, 0.15) is 49.4 Å². The molecule has 2 aliphatic heterocycles. The van der Waals surface area contributed by atoms with Crippen LogP contribution in [-0.4, -0.2) is 52.5 Å². The molecule has 8 heteroatoms. The third-order valence-corrected chi connectivity index (χ3v) is 5.59. The Hall–Kier alpha value is -2.64. The van der Waals surface area contributed by atoms with Crippen LogP contribution in [0.5, 0.6) is 0 Å². The molecule has 146 valence electrons. The van der Waals surface area contributed by atoms with Gasteiger partial charge in [-0.25, -0.2) is 4.79 Å². The quantitative estimate of drug-likeness (QED) is 0.641. The Balaban J connectivity index is 1.88. The monoisotopic (exact) mass is 375 g/mol. The smallest absolute Gasteiger partial charge is 0.326 e. The second-order valence-electron chi connectivity index (χ2n) is 7.48. The fourth-order valence-electron chi connectivity index (χ4n) is 3.92. The van der Waals surface area contributed by atoms with Gasteiger partial charge in [0.15, 0.2) is 0 Å². The van der Waals surface area contributed by atoms with Crippen LogP contribution in [0, 0.1) is 16.0 Å². The number of anilines is 1. The number of carbonyl (C=O) groups is 2. The molecule has 2 saturated heterocycles. The summed E-state index contributed by atoms with van der Waals surface area (Å²) in [6.07, 6.45) is 3.86. The Morgan fingerprint density at radius 1 is 1.15 bits per heavy atom. The number of amides is 1. The molecule has 0 bridgehead atoms. The van der Waals surface area contributed by atoms with E-state index in [4.69, 9.17) is 0 Å². The standard InChI is InChI=1S/C19H25N3O5/c1-13-7-10-20(11-8-13)15-6-5-14(12-17(15)22(26)27)18(23)21-9-3-2-4-16(21)19(24)25/h5-6,12-13,16H,2-4,7-11H2,1H3,(H,24,25)/t16-/m1/s1. The molecule has 2 heterocycles. The summed E-state index contributed by atoms with van der Waals surface area (Å²) in [6.45, 7) is 4.03. The van der Waals surface area contributed by atoms with Crippen molar-refractivity contribution in [3.63, 3.8) is 0 Å². The van der Waals surface area contributed by atoms with Crippen LogP contribution in [0.2, 0.25) is 0 Å². The molecule has 2 fully saturated rings. The van der Waals surface area contributed by atoms with Crippen molar-refractivity contribution in [3.05, 3.63) is 33.9 Å². The number of nitro groups is 1. The van der Waals surface area contributed by atoms with E-state index in [1.807, 2.05) is 4.90 Å². The maximum absolute atomic E-state index is 12.8. The summed E-state index contributed by atoms with van der Waals surface area (Å²) in [7, 11) is 0. The lowest BCUT2D eigenvalue weighted by molar-refractivity contribution is -0.384. The zero-order valence-corrected chi connectivity index (χ0v) is 15.5. The van der Waals surface area contributed by atoms with Crippen LogP contribution in [0.25, 0.3) is 0 Å². The first kappa shape index (κ1) is 19.1. The number of carboxylic acid groups (broad SMARTS) is 1. The Morgan fingerprint density at radius 2 is 1.85 bits per heavy atom. The first-order valence-corrected chi connectivity index (χ1v) is 9.45. The number of carbonyl (C=O) groups excluding carboxylic acids is 1. The van der Waals surface area contributed by atoms with E-state index in [-0.39, 0.29) is 11.3 Å². The van der Waals surface area contributed by atoms with E-state index in [1.165, 1.54) is 11.0 Å². The number of hydrogen-bond acceptors (Lipinski definition) is 5. The number of aliphatic carboxylic acids is 1. The molecule has 0 spiro atoms.